The lowest BCUT2D eigenvalue weighted by Crippen LogP contribution is -2.45. The Hall–Kier alpha value is -2.09. The third-order valence-corrected chi connectivity index (χ3v) is 6.14. The minimum Gasteiger partial charge on any atom is -0.497 e. The molecule has 1 aromatic carbocycles. The van der Waals surface area contributed by atoms with Gasteiger partial charge >= 0.3 is 6.09 Å². The summed E-state index contributed by atoms with van der Waals surface area (Å²) in [5.41, 5.74) is 1.11. The molecule has 0 aliphatic carbocycles. The number of rotatable bonds is 5. The fourth-order valence-corrected chi connectivity index (χ4v) is 4.55. The average molecular weight is 388 g/mol. The van der Waals surface area contributed by atoms with Gasteiger partial charge in [0.1, 0.15) is 11.9 Å². The Morgan fingerprint density at radius 2 is 2.00 bits per heavy atom. The smallest absolute Gasteiger partial charge is 0.414 e. The summed E-state index contributed by atoms with van der Waals surface area (Å²) in [6, 6.07) is 9.41. The van der Waals surface area contributed by atoms with E-state index in [4.69, 9.17) is 9.47 Å². The topological polar surface area (TPSA) is 62.2 Å². The number of ether oxygens (including phenoxy) is 2. The minimum absolute atomic E-state index is 0.160. The number of hydrogen-bond donors (Lipinski definition) is 1. The molecule has 1 N–H and O–H groups in total. The molecule has 0 bridgehead atoms. The third-order valence-electron chi connectivity index (χ3n) is 5.46. The molecule has 3 heterocycles. The van der Waals surface area contributed by atoms with E-state index in [1.54, 1.807) is 23.3 Å². The highest BCUT2D eigenvalue weighted by atomic mass is 32.1. The van der Waals surface area contributed by atoms with E-state index < -0.39 is 5.60 Å². The molecule has 0 unspecified atom stereocenters. The number of carbonyl (C=O) groups excluding carboxylic acids is 1. The number of methoxy groups -OCH3 is 1. The summed E-state index contributed by atoms with van der Waals surface area (Å²) in [4.78, 5) is 16.2. The van der Waals surface area contributed by atoms with Crippen molar-refractivity contribution in [2.75, 3.05) is 38.2 Å². The van der Waals surface area contributed by atoms with E-state index in [1.165, 1.54) is 0 Å². The average Bonchev–Trinajstić information content (AvgIpc) is 3.34. The van der Waals surface area contributed by atoms with Gasteiger partial charge in [0.25, 0.3) is 0 Å². The van der Waals surface area contributed by atoms with Crippen LogP contribution in [-0.4, -0.2) is 55.5 Å². The third kappa shape index (κ3) is 3.81. The highest BCUT2D eigenvalue weighted by Gasteiger charge is 2.37. The first-order valence-electron chi connectivity index (χ1n) is 9.17. The van der Waals surface area contributed by atoms with Gasteiger partial charge in [0.2, 0.25) is 0 Å². The fraction of sp³-hybridized carbons (Fsp3) is 0.450. The number of amides is 1. The van der Waals surface area contributed by atoms with E-state index in [9.17, 15) is 9.90 Å². The van der Waals surface area contributed by atoms with Crippen LogP contribution in [0.2, 0.25) is 0 Å². The summed E-state index contributed by atoms with van der Waals surface area (Å²) >= 11 is 1.61. The van der Waals surface area contributed by atoms with Crippen LogP contribution in [0.25, 0.3) is 0 Å². The normalized spacial score (nSPS) is 22.7. The number of likely N-dealkylation sites (tertiary alicyclic amines) is 1. The van der Waals surface area contributed by atoms with Gasteiger partial charge in [-0.1, -0.05) is 0 Å². The zero-order valence-electron chi connectivity index (χ0n) is 15.3. The van der Waals surface area contributed by atoms with E-state index in [-0.39, 0.29) is 12.2 Å². The number of nitrogens with zero attached hydrogens (tertiary/aromatic N) is 2. The summed E-state index contributed by atoms with van der Waals surface area (Å²) in [6.07, 6.45) is 0.933. The first-order chi connectivity index (χ1) is 13.1. The van der Waals surface area contributed by atoms with Crippen LogP contribution in [0.4, 0.5) is 10.5 Å². The van der Waals surface area contributed by atoms with Crippen molar-refractivity contribution in [2.24, 2.45) is 0 Å². The summed E-state index contributed by atoms with van der Waals surface area (Å²) < 4.78 is 10.7. The van der Waals surface area contributed by atoms with Crippen LogP contribution in [0.5, 0.6) is 5.75 Å². The predicted octanol–water partition coefficient (Wildman–Crippen LogP) is 3.07. The molecule has 7 heteroatoms. The van der Waals surface area contributed by atoms with Crippen molar-refractivity contribution in [1.82, 2.24) is 4.90 Å². The molecule has 1 atom stereocenters. The first-order valence-corrected chi connectivity index (χ1v) is 10.1. The highest BCUT2D eigenvalue weighted by Crippen LogP contribution is 2.34. The Kier molecular flexibility index (Phi) is 5.08. The van der Waals surface area contributed by atoms with Crippen molar-refractivity contribution in [2.45, 2.75) is 24.5 Å². The number of hydrogen-bond acceptors (Lipinski definition) is 6. The molecule has 6 nitrogen and oxygen atoms in total. The lowest BCUT2D eigenvalue weighted by atomic mass is 9.86. The van der Waals surface area contributed by atoms with Crippen molar-refractivity contribution in [3.8, 4) is 5.75 Å². The van der Waals surface area contributed by atoms with Gasteiger partial charge in [0, 0.05) is 25.3 Å². The summed E-state index contributed by atoms with van der Waals surface area (Å²) in [7, 11) is 1.62. The number of aliphatic hydroxyl groups is 1. The molecule has 144 valence electrons. The number of carbonyl (C=O) groups is 1. The van der Waals surface area contributed by atoms with Gasteiger partial charge in [0.05, 0.1) is 19.3 Å². The van der Waals surface area contributed by atoms with E-state index in [0.717, 1.165) is 30.1 Å². The van der Waals surface area contributed by atoms with Crippen molar-refractivity contribution < 1.29 is 19.4 Å². The Labute approximate surface area is 162 Å². The summed E-state index contributed by atoms with van der Waals surface area (Å²) in [5, 5.41) is 14.9. The minimum atomic E-state index is -0.724. The van der Waals surface area contributed by atoms with Gasteiger partial charge in [-0.25, -0.2) is 4.79 Å². The molecule has 0 radical (unpaired) electrons. The maximum Gasteiger partial charge on any atom is 0.414 e. The lowest BCUT2D eigenvalue weighted by Gasteiger charge is -2.38. The predicted molar refractivity (Wildman–Crippen MR) is 104 cm³/mol. The Bertz CT molecular complexity index is 770. The Balaban J connectivity index is 1.32. The molecule has 0 spiro atoms. The molecular weight excluding hydrogens is 364 g/mol. The molecule has 1 aromatic heterocycles. The number of piperidine rings is 1. The summed E-state index contributed by atoms with van der Waals surface area (Å²) in [6.45, 7) is 2.82. The number of thiophene rings is 1. The molecule has 2 saturated heterocycles. The lowest BCUT2D eigenvalue weighted by molar-refractivity contribution is -0.0322. The molecular formula is C20H24N2O4S. The van der Waals surface area contributed by atoms with Crippen LogP contribution in [0.1, 0.15) is 18.4 Å². The Morgan fingerprint density at radius 1 is 1.26 bits per heavy atom. The standard InChI is InChI=1S/C20H24N2O4S/c1-25-17-4-2-16(3-5-17)22-13-18(26-19(22)23)12-21-9-7-20(24,8-10-21)15-6-11-27-14-15/h2-6,11,14,18,24H,7-10,12-13H2,1H3/t18-/m0/s1. The van der Waals surface area contributed by atoms with Gasteiger partial charge in [-0.3, -0.25) is 9.80 Å². The molecule has 0 saturated carbocycles. The van der Waals surface area contributed by atoms with Crippen LogP contribution in [0.3, 0.4) is 0 Å². The number of benzene rings is 1. The quantitative estimate of drug-likeness (QED) is 0.853. The molecule has 4 rings (SSSR count). The van der Waals surface area contributed by atoms with Gasteiger partial charge in [-0.2, -0.15) is 11.3 Å². The SMILES string of the molecule is COc1ccc(N2C[C@H](CN3CCC(O)(c4ccsc4)CC3)OC2=O)cc1. The van der Waals surface area contributed by atoms with E-state index in [1.807, 2.05) is 41.1 Å². The molecule has 2 aliphatic heterocycles. The van der Waals surface area contributed by atoms with Gasteiger partial charge in [-0.05, 0) is 59.5 Å². The fourth-order valence-electron chi connectivity index (χ4n) is 3.80. The maximum absolute atomic E-state index is 12.3. The van der Waals surface area contributed by atoms with Crippen LogP contribution >= 0.6 is 11.3 Å². The van der Waals surface area contributed by atoms with Crippen molar-refractivity contribution in [1.29, 1.82) is 0 Å². The second-order valence-corrected chi connectivity index (χ2v) is 7.94. The second kappa shape index (κ2) is 7.50. The van der Waals surface area contributed by atoms with Crippen molar-refractivity contribution in [3.63, 3.8) is 0 Å². The highest BCUT2D eigenvalue weighted by molar-refractivity contribution is 7.08. The zero-order chi connectivity index (χ0) is 18.9. The largest absolute Gasteiger partial charge is 0.497 e. The van der Waals surface area contributed by atoms with Gasteiger partial charge < -0.3 is 14.6 Å². The van der Waals surface area contributed by atoms with Gasteiger partial charge in [-0.15, -0.1) is 0 Å². The first kappa shape index (κ1) is 18.3. The van der Waals surface area contributed by atoms with Crippen LogP contribution in [-0.2, 0) is 10.3 Å². The molecule has 2 aliphatic rings. The second-order valence-electron chi connectivity index (χ2n) is 7.16. The zero-order valence-corrected chi connectivity index (χ0v) is 16.2. The Morgan fingerprint density at radius 3 is 2.63 bits per heavy atom. The molecule has 2 fully saturated rings. The van der Waals surface area contributed by atoms with Crippen molar-refractivity contribution in [3.05, 3.63) is 46.7 Å². The van der Waals surface area contributed by atoms with E-state index in [2.05, 4.69) is 4.90 Å². The van der Waals surface area contributed by atoms with Crippen molar-refractivity contribution >= 4 is 23.1 Å². The molecule has 27 heavy (non-hydrogen) atoms. The summed E-state index contributed by atoms with van der Waals surface area (Å²) in [5.74, 6) is 0.759. The van der Waals surface area contributed by atoms with Crippen LogP contribution in [0, 0.1) is 0 Å². The number of cyclic esters (lactones) is 1. The van der Waals surface area contributed by atoms with E-state index in [0.29, 0.717) is 25.9 Å². The maximum atomic E-state index is 12.3. The molecule has 2 aromatic rings. The van der Waals surface area contributed by atoms with Crippen LogP contribution < -0.4 is 9.64 Å². The monoisotopic (exact) mass is 388 g/mol. The number of anilines is 1. The van der Waals surface area contributed by atoms with Gasteiger partial charge in [0.15, 0.2) is 0 Å². The van der Waals surface area contributed by atoms with E-state index >= 15 is 0 Å². The molecule has 1 amide bonds. The van der Waals surface area contributed by atoms with Crippen LogP contribution in [0.15, 0.2) is 41.1 Å².